The Kier molecular flexibility index (Phi) is 39.5. The third-order valence-corrected chi connectivity index (χ3v) is 3.97. The Balaban J connectivity index is -0.000000119. The van der Waals surface area contributed by atoms with Crippen molar-refractivity contribution in [2.45, 2.75) is 96.4 Å². The normalized spacial score (nSPS) is 11.5. The van der Waals surface area contributed by atoms with E-state index in [1.54, 1.807) is 0 Å². The van der Waals surface area contributed by atoms with Gasteiger partial charge in [0.25, 0.3) is 0 Å². The fraction of sp³-hybridized carbons (Fsp3) is 0.818. The molecule has 0 fully saturated rings. The summed E-state index contributed by atoms with van der Waals surface area (Å²) in [6.07, 6.45) is 11.6. The Morgan fingerprint density at radius 2 is 1.28 bits per heavy atom. The molecule has 0 aliphatic rings. The molecule has 2 unspecified atom stereocenters. The van der Waals surface area contributed by atoms with Crippen LogP contribution in [0.1, 0.15) is 85.4 Å². The summed E-state index contributed by atoms with van der Waals surface area (Å²) in [7, 11) is 0. The fourth-order valence-corrected chi connectivity index (χ4v) is 2.18. The Labute approximate surface area is 216 Å². The summed E-state index contributed by atoms with van der Waals surface area (Å²) in [6.45, 7) is 5.60. The van der Waals surface area contributed by atoms with Crippen LogP contribution in [0.15, 0.2) is 12.7 Å². The van der Waals surface area contributed by atoms with Gasteiger partial charge in [-0.2, -0.15) is 0 Å². The van der Waals surface area contributed by atoms with Gasteiger partial charge in [-0.25, -0.2) is 0 Å². The number of hydrogen-bond acceptors (Lipinski definition) is 7. The Bertz CT molecular complexity index is 391. The molecule has 0 spiro atoms. The number of aliphatic hydroxyl groups excluding tert-OH is 4. The van der Waals surface area contributed by atoms with E-state index >= 15 is 0 Å². The first kappa shape index (κ1) is 38.7. The molecule has 0 saturated carbocycles. The minimum atomic E-state index is -1.33. The quantitative estimate of drug-likeness (QED) is 0.0681. The van der Waals surface area contributed by atoms with E-state index in [0.29, 0.717) is 6.61 Å². The third kappa shape index (κ3) is 39.9. The van der Waals surface area contributed by atoms with E-state index in [1.165, 1.54) is 63.9 Å². The molecule has 9 nitrogen and oxygen atoms in total. The van der Waals surface area contributed by atoms with Gasteiger partial charge in [-0.3, -0.25) is 9.59 Å². The molecule has 188 valence electrons. The Morgan fingerprint density at radius 3 is 1.59 bits per heavy atom. The summed E-state index contributed by atoms with van der Waals surface area (Å²) in [5.41, 5.74) is 0. The van der Waals surface area contributed by atoms with E-state index in [9.17, 15) is 9.59 Å². The maximum absolute atomic E-state index is 9.64. The molecule has 0 aliphatic heterocycles. The van der Waals surface area contributed by atoms with Crippen molar-refractivity contribution in [3.63, 3.8) is 0 Å². The van der Waals surface area contributed by atoms with Crippen LogP contribution in [0.2, 0.25) is 0 Å². The number of aliphatic hydroxyl groups is 4. The average Bonchev–Trinajstić information content (AvgIpc) is 2.75. The van der Waals surface area contributed by atoms with Crippen LogP contribution in [-0.4, -0.2) is 74.8 Å². The van der Waals surface area contributed by atoms with Gasteiger partial charge in [0.1, 0.15) is 6.10 Å². The van der Waals surface area contributed by atoms with Crippen molar-refractivity contribution in [3.8, 4) is 0 Å². The maximum atomic E-state index is 9.64. The van der Waals surface area contributed by atoms with Gasteiger partial charge in [0.2, 0.25) is 0 Å². The van der Waals surface area contributed by atoms with E-state index in [4.69, 9.17) is 30.6 Å². The second-order valence-electron chi connectivity index (χ2n) is 6.96. The van der Waals surface area contributed by atoms with Crippen LogP contribution in [0.25, 0.3) is 0 Å². The monoisotopic (exact) mass is 476 g/mol. The summed E-state index contributed by atoms with van der Waals surface area (Å²) in [4.78, 5) is 19.3. The molecule has 0 aromatic rings. The van der Waals surface area contributed by atoms with Crippen LogP contribution in [0.3, 0.4) is 0 Å². The van der Waals surface area contributed by atoms with E-state index in [0.717, 1.165) is 6.42 Å². The molecule has 0 radical (unpaired) electrons. The number of carboxylic acids is 2. The minimum absolute atomic E-state index is 0. The molecule has 0 aromatic heterocycles. The van der Waals surface area contributed by atoms with Gasteiger partial charge in [-0.1, -0.05) is 70.8 Å². The molecule has 0 heterocycles. The van der Waals surface area contributed by atoms with Crippen LogP contribution in [-0.2, 0) is 14.3 Å². The molecule has 0 bridgehead atoms. The summed E-state index contributed by atoms with van der Waals surface area (Å²) in [6, 6.07) is 0. The summed E-state index contributed by atoms with van der Waals surface area (Å²) in [5.74, 6) is -2.15. The number of unbranched alkanes of at least 4 members (excludes halogenated alkanes) is 9. The fourth-order valence-electron chi connectivity index (χ4n) is 2.18. The van der Waals surface area contributed by atoms with E-state index in [-0.39, 0.29) is 50.4 Å². The van der Waals surface area contributed by atoms with Crippen molar-refractivity contribution in [3.05, 3.63) is 12.7 Å². The largest absolute Gasteiger partial charge is 1.00 e. The van der Waals surface area contributed by atoms with E-state index < -0.39 is 30.9 Å². The zero-order chi connectivity index (χ0) is 24.3. The summed E-state index contributed by atoms with van der Waals surface area (Å²) in [5, 5.41) is 50.1. The van der Waals surface area contributed by atoms with Crippen molar-refractivity contribution < 1.29 is 75.9 Å². The van der Waals surface area contributed by atoms with E-state index in [2.05, 4.69) is 18.2 Å². The van der Waals surface area contributed by atoms with Gasteiger partial charge >= 0.3 is 41.5 Å². The predicted octanol–water partition coefficient (Wildman–Crippen LogP) is -0.187. The van der Waals surface area contributed by atoms with Gasteiger partial charge in [0, 0.05) is 6.61 Å². The van der Waals surface area contributed by atoms with Gasteiger partial charge < -0.3 is 36.8 Å². The number of aliphatic carboxylic acids is 2. The number of hydrogen-bond donors (Lipinski definition) is 6. The number of carboxylic acid groups (broad SMARTS) is 2. The van der Waals surface area contributed by atoms with Crippen molar-refractivity contribution in [2.75, 3.05) is 19.8 Å². The Hall–Kier alpha value is -0.520. The second-order valence-corrected chi connectivity index (χ2v) is 6.96. The molecule has 10 heteroatoms. The molecule has 0 aromatic carbocycles. The first-order valence-electron chi connectivity index (χ1n) is 11.0. The third-order valence-electron chi connectivity index (χ3n) is 3.97. The second kappa shape index (κ2) is 32.7. The summed E-state index contributed by atoms with van der Waals surface area (Å²) >= 11 is 0. The smallest absolute Gasteiger partial charge is 1.00 e. The molecule has 0 aliphatic carbocycles. The molecule has 32 heavy (non-hydrogen) atoms. The average molecular weight is 477 g/mol. The van der Waals surface area contributed by atoms with Crippen LogP contribution < -0.4 is 29.6 Å². The van der Waals surface area contributed by atoms with Crippen molar-refractivity contribution in [1.29, 1.82) is 0 Å². The minimum Gasteiger partial charge on any atom is -1.00 e. The van der Waals surface area contributed by atoms with Crippen molar-refractivity contribution in [2.24, 2.45) is 0 Å². The van der Waals surface area contributed by atoms with E-state index in [1.807, 2.05) is 0 Å². The number of carbonyl (C=O) groups is 2. The molecular formula is C22H45NaO9. The molecule has 0 saturated heterocycles. The van der Waals surface area contributed by atoms with Crippen LogP contribution >= 0.6 is 0 Å². The van der Waals surface area contributed by atoms with Crippen molar-refractivity contribution >= 4 is 11.9 Å². The predicted molar refractivity (Wildman–Crippen MR) is 120 cm³/mol. The first-order chi connectivity index (χ1) is 14.8. The standard InChI is InChI=1S/C12H26O.C6H12O4.C4H6O4.Na.H/c1-2-3-4-5-6-7-8-9-10-11-12-13;1-2-3-10-6(9)5(8)4-7;5-3(6)1-2-4(7)8;;/h13H,2-12H2,1H3;2,5-9H,1,3-4H2;1-2H2,(H,5,6)(H,7,8);;/q;;;+1;-1. The Morgan fingerprint density at radius 1 is 0.875 bits per heavy atom. The first-order valence-corrected chi connectivity index (χ1v) is 11.0. The summed E-state index contributed by atoms with van der Waals surface area (Å²) < 4.78 is 4.57. The molecule has 0 rings (SSSR count). The van der Waals surface area contributed by atoms with Crippen molar-refractivity contribution in [1.82, 2.24) is 0 Å². The van der Waals surface area contributed by atoms with Gasteiger partial charge in [0.05, 0.1) is 26.1 Å². The molecule has 2 atom stereocenters. The molecule has 0 amide bonds. The number of ether oxygens (including phenoxy) is 1. The number of rotatable bonds is 18. The zero-order valence-corrected chi connectivity index (χ0v) is 22.0. The topological polar surface area (TPSA) is 165 Å². The van der Waals surface area contributed by atoms with Gasteiger partial charge in [0.15, 0.2) is 6.29 Å². The van der Waals surface area contributed by atoms with Crippen LogP contribution in [0.4, 0.5) is 0 Å². The zero-order valence-electron chi connectivity index (χ0n) is 21.0. The van der Waals surface area contributed by atoms with Crippen LogP contribution in [0, 0.1) is 0 Å². The van der Waals surface area contributed by atoms with Gasteiger partial charge in [-0.15, -0.1) is 6.58 Å². The molecule has 6 N–H and O–H groups in total. The van der Waals surface area contributed by atoms with Gasteiger partial charge in [-0.05, 0) is 6.42 Å². The molecular weight excluding hydrogens is 431 g/mol. The van der Waals surface area contributed by atoms with Crippen LogP contribution in [0.5, 0.6) is 0 Å². The maximum Gasteiger partial charge on any atom is 1.00 e. The SMILES string of the molecule is C=CCOC(O)C(O)CO.CCCCCCCCCCCCO.O=C(O)CCC(=O)O.[H-].[Na+].